The molecule has 2 aliphatic rings. The first-order chi connectivity index (χ1) is 19.2. The number of halogens is 3. The van der Waals surface area contributed by atoms with Crippen molar-refractivity contribution < 1.29 is 22.8 Å². The second-order valence-electron chi connectivity index (χ2n) is 10.6. The molecule has 40 heavy (non-hydrogen) atoms. The molecule has 3 heterocycles. The SMILES string of the molecule is Cn1cc(-c2cccc(C(F)(F)F)c2)c2ccc(C(=O)N3CC(NC4CCN(C(=O)c5ccccc5)C4)C3)cc21. The summed E-state index contributed by atoms with van der Waals surface area (Å²) < 4.78 is 41.6. The lowest BCUT2D eigenvalue weighted by atomic mass is 10.0. The number of aryl methyl sites for hydroxylation is 1. The van der Waals surface area contributed by atoms with Gasteiger partial charge in [-0.25, -0.2) is 0 Å². The molecule has 0 saturated carbocycles. The molecule has 3 aromatic carbocycles. The number of benzene rings is 3. The maximum atomic E-state index is 13.2. The molecule has 0 spiro atoms. The second kappa shape index (κ2) is 10.1. The number of fused-ring (bicyclic) bond motifs is 1. The molecule has 2 fully saturated rings. The minimum atomic E-state index is -4.42. The van der Waals surface area contributed by atoms with Crippen LogP contribution in [0.25, 0.3) is 22.0 Å². The van der Waals surface area contributed by atoms with E-state index in [1.165, 1.54) is 6.07 Å². The second-order valence-corrected chi connectivity index (χ2v) is 10.6. The Kier molecular flexibility index (Phi) is 6.62. The zero-order chi connectivity index (χ0) is 28.0. The number of rotatable bonds is 5. The fourth-order valence-electron chi connectivity index (χ4n) is 5.72. The zero-order valence-corrected chi connectivity index (χ0v) is 22.0. The van der Waals surface area contributed by atoms with E-state index in [1.807, 2.05) is 52.9 Å². The van der Waals surface area contributed by atoms with Gasteiger partial charge >= 0.3 is 6.18 Å². The summed E-state index contributed by atoms with van der Waals surface area (Å²) in [5.74, 6) is -0.0309. The quantitative estimate of drug-likeness (QED) is 0.375. The van der Waals surface area contributed by atoms with Crippen LogP contribution in [0.4, 0.5) is 13.2 Å². The van der Waals surface area contributed by atoms with Gasteiger partial charge < -0.3 is 19.7 Å². The highest BCUT2D eigenvalue weighted by Gasteiger charge is 2.35. The molecule has 2 aliphatic heterocycles. The Morgan fingerprint density at radius 2 is 1.55 bits per heavy atom. The first-order valence-corrected chi connectivity index (χ1v) is 13.3. The lowest BCUT2D eigenvalue weighted by Crippen LogP contribution is -2.62. The van der Waals surface area contributed by atoms with Crippen LogP contribution in [-0.2, 0) is 13.2 Å². The summed E-state index contributed by atoms with van der Waals surface area (Å²) in [4.78, 5) is 29.6. The number of amides is 2. The monoisotopic (exact) mass is 546 g/mol. The minimum absolute atomic E-state index is 0.0441. The summed E-state index contributed by atoms with van der Waals surface area (Å²) in [6.07, 6.45) is -1.74. The lowest BCUT2D eigenvalue weighted by molar-refractivity contribution is -0.137. The minimum Gasteiger partial charge on any atom is -0.350 e. The number of alkyl halides is 3. The van der Waals surface area contributed by atoms with E-state index >= 15 is 0 Å². The third kappa shape index (κ3) is 4.97. The molecule has 206 valence electrons. The first-order valence-electron chi connectivity index (χ1n) is 13.3. The van der Waals surface area contributed by atoms with Crippen molar-refractivity contribution in [2.24, 2.45) is 7.05 Å². The van der Waals surface area contributed by atoms with Gasteiger partial charge in [0, 0.05) is 79.1 Å². The topological polar surface area (TPSA) is 57.6 Å². The van der Waals surface area contributed by atoms with Gasteiger partial charge in [0.05, 0.1) is 5.56 Å². The Labute approximate surface area is 230 Å². The van der Waals surface area contributed by atoms with Gasteiger partial charge in [0.2, 0.25) is 0 Å². The van der Waals surface area contributed by atoms with Crippen LogP contribution in [0.2, 0.25) is 0 Å². The van der Waals surface area contributed by atoms with Crippen molar-refractivity contribution in [2.75, 3.05) is 26.2 Å². The van der Waals surface area contributed by atoms with Gasteiger partial charge in [0.15, 0.2) is 0 Å². The molecule has 1 aromatic heterocycles. The van der Waals surface area contributed by atoms with Gasteiger partial charge in [-0.1, -0.05) is 36.4 Å². The smallest absolute Gasteiger partial charge is 0.350 e. The van der Waals surface area contributed by atoms with Crippen LogP contribution in [0.5, 0.6) is 0 Å². The van der Waals surface area contributed by atoms with Gasteiger partial charge in [0.1, 0.15) is 0 Å². The van der Waals surface area contributed by atoms with Crippen LogP contribution in [0.1, 0.15) is 32.7 Å². The highest BCUT2D eigenvalue weighted by molar-refractivity contribution is 6.02. The molecule has 4 aromatic rings. The van der Waals surface area contributed by atoms with Gasteiger partial charge in [0.25, 0.3) is 11.8 Å². The molecule has 0 bridgehead atoms. The van der Waals surface area contributed by atoms with Crippen molar-refractivity contribution in [3.05, 3.63) is 95.7 Å². The van der Waals surface area contributed by atoms with Crippen molar-refractivity contribution in [1.82, 2.24) is 19.7 Å². The Hall–Kier alpha value is -4.11. The van der Waals surface area contributed by atoms with Crippen LogP contribution >= 0.6 is 0 Å². The van der Waals surface area contributed by atoms with Crippen LogP contribution < -0.4 is 5.32 Å². The predicted octanol–water partition coefficient (Wildman–Crippen LogP) is 5.19. The van der Waals surface area contributed by atoms with E-state index in [0.717, 1.165) is 29.5 Å². The van der Waals surface area contributed by atoms with Gasteiger partial charge in [-0.15, -0.1) is 0 Å². The van der Waals surface area contributed by atoms with Crippen molar-refractivity contribution in [2.45, 2.75) is 24.7 Å². The first kappa shape index (κ1) is 26.1. The summed E-state index contributed by atoms with van der Waals surface area (Å²) in [5.41, 5.74) is 2.49. The molecular weight excluding hydrogens is 517 g/mol. The number of likely N-dealkylation sites (tertiary alicyclic amines) is 2. The largest absolute Gasteiger partial charge is 0.416 e. The molecule has 6 rings (SSSR count). The average molecular weight is 547 g/mol. The fraction of sp³-hybridized carbons (Fsp3) is 0.290. The third-order valence-electron chi connectivity index (χ3n) is 7.87. The lowest BCUT2D eigenvalue weighted by Gasteiger charge is -2.41. The fourth-order valence-corrected chi connectivity index (χ4v) is 5.72. The highest BCUT2D eigenvalue weighted by atomic mass is 19.4. The molecule has 1 atom stereocenters. The Balaban J connectivity index is 1.08. The molecule has 9 heteroatoms. The van der Waals surface area contributed by atoms with Crippen molar-refractivity contribution in [3.63, 3.8) is 0 Å². The summed E-state index contributed by atoms with van der Waals surface area (Å²) in [6, 6.07) is 20.3. The van der Waals surface area contributed by atoms with E-state index in [9.17, 15) is 22.8 Å². The summed E-state index contributed by atoms with van der Waals surface area (Å²) in [6.45, 7) is 2.53. The van der Waals surface area contributed by atoms with Crippen LogP contribution in [0.3, 0.4) is 0 Å². The number of hydrogen-bond donors (Lipinski definition) is 1. The van der Waals surface area contributed by atoms with E-state index < -0.39 is 11.7 Å². The third-order valence-corrected chi connectivity index (χ3v) is 7.87. The molecule has 0 radical (unpaired) electrons. The summed E-state index contributed by atoms with van der Waals surface area (Å²) in [5, 5.41) is 4.38. The molecule has 2 amide bonds. The standard InChI is InChI=1S/C31H29F3N4O2/c1-36-19-27(21-8-5-9-23(14-21)31(32,33)34)26-11-10-22(15-28(26)36)30(40)38-17-25(18-38)35-24-12-13-37(16-24)29(39)20-6-3-2-4-7-20/h2-11,14-15,19,24-25,35H,12-13,16-18H2,1H3. The number of carbonyl (C=O) groups is 2. The molecule has 6 nitrogen and oxygen atoms in total. The maximum absolute atomic E-state index is 13.2. The zero-order valence-electron chi connectivity index (χ0n) is 22.0. The number of nitrogens with one attached hydrogen (secondary N) is 1. The maximum Gasteiger partial charge on any atom is 0.416 e. The molecule has 2 saturated heterocycles. The van der Waals surface area contributed by atoms with Crippen molar-refractivity contribution >= 4 is 22.7 Å². The van der Waals surface area contributed by atoms with Gasteiger partial charge in [-0.3, -0.25) is 9.59 Å². The van der Waals surface area contributed by atoms with E-state index in [4.69, 9.17) is 0 Å². The Morgan fingerprint density at radius 1 is 0.825 bits per heavy atom. The van der Waals surface area contributed by atoms with E-state index in [2.05, 4.69) is 5.32 Å². The number of carbonyl (C=O) groups excluding carboxylic acids is 2. The van der Waals surface area contributed by atoms with Crippen LogP contribution in [-0.4, -0.2) is 64.4 Å². The van der Waals surface area contributed by atoms with Crippen molar-refractivity contribution in [3.8, 4) is 11.1 Å². The van der Waals surface area contributed by atoms with E-state index in [0.29, 0.717) is 48.4 Å². The number of hydrogen-bond acceptors (Lipinski definition) is 3. The van der Waals surface area contributed by atoms with Gasteiger partial charge in [-0.05, 0) is 48.4 Å². The Morgan fingerprint density at radius 3 is 2.30 bits per heavy atom. The molecule has 1 unspecified atom stereocenters. The summed E-state index contributed by atoms with van der Waals surface area (Å²) >= 11 is 0. The number of nitrogens with zero attached hydrogens (tertiary/aromatic N) is 3. The van der Waals surface area contributed by atoms with Crippen LogP contribution in [0, 0.1) is 0 Å². The summed E-state index contributed by atoms with van der Waals surface area (Å²) in [7, 11) is 1.82. The predicted molar refractivity (Wildman–Crippen MR) is 147 cm³/mol. The average Bonchev–Trinajstić information content (AvgIpc) is 3.54. The van der Waals surface area contributed by atoms with Gasteiger partial charge in [-0.2, -0.15) is 13.2 Å². The Bertz CT molecular complexity index is 1570. The number of aromatic nitrogens is 1. The van der Waals surface area contributed by atoms with Crippen LogP contribution in [0.15, 0.2) is 79.0 Å². The molecule has 1 N–H and O–H groups in total. The van der Waals surface area contributed by atoms with Crippen molar-refractivity contribution in [1.29, 1.82) is 0 Å². The molecule has 0 aliphatic carbocycles. The molecular formula is C31H29F3N4O2. The normalized spacial score (nSPS) is 17.9. The highest BCUT2D eigenvalue weighted by Crippen LogP contribution is 2.35. The van der Waals surface area contributed by atoms with E-state index in [1.54, 1.807) is 29.3 Å². The van der Waals surface area contributed by atoms with E-state index in [-0.39, 0.29) is 23.9 Å².